The number of thioether (sulfide) groups is 2. The van der Waals surface area contributed by atoms with E-state index in [0.29, 0.717) is 28.8 Å². The van der Waals surface area contributed by atoms with Crippen LogP contribution < -0.4 is 0 Å². The van der Waals surface area contributed by atoms with Gasteiger partial charge in [0.2, 0.25) is 5.89 Å². The molecule has 5 nitrogen and oxygen atoms in total. The van der Waals surface area contributed by atoms with Gasteiger partial charge in [-0.05, 0) is 6.92 Å². The number of aromatic nitrogens is 2. The average Bonchev–Trinajstić information content (AvgIpc) is 2.81. The van der Waals surface area contributed by atoms with E-state index in [4.69, 9.17) is 9.26 Å². The van der Waals surface area contributed by atoms with Crippen molar-refractivity contribution in [2.45, 2.75) is 42.9 Å². The van der Waals surface area contributed by atoms with Gasteiger partial charge in [-0.25, -0.2) is 0 Å². The topological polar surface area (TPSA) is 65.2 Å². The van der Waals surface area contributed by atoms with Gasteiger partial charge in [-0.2, -0.15) is 16.7 Å². The van der Waals surface area contributed by atoms with Crippen molar-refractivity contribution in [3.63, 3.8) is 0 Å². The van der Waals surface area contributed by atoms with E-state index in [1.807, 2.05) is 23.5 Å². The van der Waals surface area contributed by atoms with Crippen LogP contribution >= 0.6 is 23.5 Å². The van der Waals surface area contributed by atoms with Crippen LogP contribution in [0.3, 0.4) is 0 Å². The van der Waals surface area contributed by atoms with Crippen molar-refractivity contribution >= 4 is 29.5 Å². The van der Waals surface area contributed by atoms with Gasteiger partial charge in [0, 0.05) is 16.3 Å². The SMILES string of the molecule is CCOC(=O)Cc1nc(C2CSC(C)C(C)S2)no1. The van der Waals surface area contributed by atoms with Crippen molar-refractivity contribution in [3.05, 3.63) is 11.7 Å². The van der Waals surface area contributed by atoms with Gasteiger partial charge in [0.1, 0.15) is 6.42 Å². The van der Waals surface area contributed by atoms with Crippen LogP contribution in [0.1, 0.15) is 37.7 Å². The van der Waals surface area contributed by atoms with E-state index >= 15 is 0 Å². The number of hydrogen-bond acceptors (Lipinski definition) is 7. The van der Waals surface area contributed by atoms with E-state index in [1.165, 1.54) is 0 Å². The van der Waals surface area contributed by atoms with Crippen molar-refractivity contribution in [3.8, 4) is 0 Å². The molecule has 0 aliphatic carbocycles. The molecule has 1 fully saturated rings. The first kappa shape index (κ1) is 14.7. The minimum Gasteiger partial charge on any atom is -0.466 e. The van der Waals surface area contributed by atoms with Crippen LogP contribution in [0.2, 0.25) is 0 Å². The summed E-state index contributed by atoms with van der Waals surface area (Å²) in [7, 11) is 0. The summed E-state index contributed by atoms with van der Waals surface area (Å²) in [4.78, 5) is 15.6. The Labute approximate surface area is 121 Å². The van der Waals surface area contributed by atoms with Gasteiger partial charge in [0.15, 0.2) is 5.82 Å². The summed E-state index contributed by atoms with van der Waals surface area (Å²) in [5.41, 5.74) is 0. The van der Waals surface area contributed by atoms with Gasteiger partial charge in [0.25, 0.3) is 0 Å². The van der Waals surface area contributed by atoms with Gasteiger partial charge in [-0.15, -0.1) is 11.8 Å². The van der Waals surface area contributed by atoms with E-state index in [0.717, 1.165) is 5.75 Å². The van der Waals surface area contributed by atoms with Crippen molar-refractivity contribution in [1.82, 2.24) is 10.1 Å². The molecule has 2 rings (SSSR count). The predicted molar refractivity (Wildman–Crippen MR) is 76.3 cm³/mol. The Bertz CT molecular complexity index is 438. The molecule has 0 bridgehead atoms. The highest BCUT2D eigenvalue weighted by Crippen LogP contribution is 2.43. The molecule has 1 aliphatic heterocycles. The van der Waals surface area contributed by atoms with Crippen LogP contribution in [0.15, 0.2) is 4.52 Å². The first-order valence-corrected chi connectivity index (χ1v) is 8.34. The molecule has 0 radical (unpaired) electrons. The number of carbonyl (C=O) groups excluding carboxylic acids is 1. The second-order valence-corrected chi connectivity index (χ2v) is 7.39. The minimum atomic E-state index is -0.328. The van der Waals surface area contributed by atoms with Crippen LogP contribution in [0, 0.1) is 0 Å². The second kappa shape index (κ2) is 6.65. The quantitative estimate of drug-likeness (QED) is 0.791. The molecule has 1 aromatic heterocycles. The molecule has 3 atom stereocenters. The summed E-state index contributed by atoms with van der Waals surface area (Å²) < 4.78 is 9.97. The molecule has 0 amide bonds. The Morgan fingerprint density at radius 2 is 2.26 bits per heavy atom. The average molecular weight is 302 g/mol. The van der Waals surface area contributed by atoms with E-state index in [2.05, 4.69) is 24.0 Å². The standard InChI is InChI=1S/C12H18N2O3S2/c1-4-16-11(15)5-10-13-12(14-17-10)9-6-18-7(2)8(3)19-9/h7-9H,4-6H2,1-3H3. The molecule has 106 valence electrons. The number of nitrogens with zero attached hydrogens (tertiary/aromatic N) is 2. The summed E-state index contributed by atoms with van der Waals surface area (Å²) in [6.07, 6.45) is 0.0529. The molecule has 19 heavy (non-hydrogen) atoms. The lowest BCUT2D eigenvalue weighted by Crippen LogP contribution is -2.22. The maximum atomic E-state index is 11.3. The van der Waals surface area contributed by atoms with Crippen LogP contribution in [0.25, 0.3) is 0 Å². The summed E-state index contributed by atoms with van der Waals surface area (Å²) in [6, 6.07) is 0. The summed E-state index contributed by atoms with van der Waals surface area (Å²) in [5, 5.41) is 5.44. The fraction of sp³-hybridized carbons (Fsp3) is 0.750. The molecule has 0 spiro atoms. The minimum absolute atomic E-state index is 0.0529. The number of rotatable bonds is 4. The third-order valence-corrected chi connectivity index (χ3v) is 6.31. The molecule has 0 saturated carbocycles. The molecular formula is C12H18N2O3S2. The van der Waals surface area contributed by atoms with E-state index < -0.39 is 0 Å². The largest absolute Gasteiger partial charge is 0.466 e. The number of hydrogen-bond donors (Lipinski definition) is 0. The molecular weight excluding hydrogens is 284 g/mol. The van der Waals surface area contributed by atoms with Crippen molar-refractivity contribution in [2.24, 2.45) is 0 Å². The lowest BCUT2D eigenvalue weighted by molar-refractivity contribution is -0.142. The first-order valence-electron chi connectivity index (χ1n) is 6.35. The zero-order chi connectivity index (χ0) is 13.8. The smallest absolute Gasteiger partial charge is 0.315 e. The third kappa shape index (κ3) is 3.89. The number of ether oxygens (including phenoxy) is 1. The first-order chi connectivity index (χ1) is 9.10. The summed E-state index contributed by atoms with van der Waals surface area (Å²) in [6.45, 7) is 6.59. The van der Waals surface area contributed by atoms with Gasteiger partial charge in [0.05, 0.1) is 11.9 Å². The van der Waals surface area contributed by atoms with E-state index in [1.54, 1.807) is 6.92 Å². The Morgan fingerprint density at radius 1 is 1.47 bits per heavy atom. The highest BCUT2D eigenvalue weighted by Gasteiger charge is 2.30. The molecule has 2 heterocycles. The zero-order valence-corrected chi connectivity index (χ0v) is 12.9. The van der Waals surface area contributed by atoms with Crippen LogP contribution in [0.5, 0.6) is 0 Å². The maximum Gasteiger partial charge on any atom is 0.315 e. The number of esters is 1. The van der Waals surface area contributed by atoms with Gasteiger partial charge in [-0.1, -0.05) is 19.0 Å². The highest BCUT2D eigenvalue weighted by atomic mass is 32.2. The summed E-state index contributed by atoms with van der Waals surface area (Å²) in [5.74, 6) is 1.68. The fourth-order valence-corrected chi connectivity index (χ4v) is 4.56. The molecule has 1 aliphatic rings. The normalized spacial score (nSPS) is 27.2. The molecule has 0 aromatic carbocycles. The summed E-state index contributed by atoms with van der Waals surface area (Å²) >= 11 is 3.79. The molecule has 1 aromatic rings. The number of carbonyl (C=O) groups is 1. The Hall–Kier alpha value is -0.690. The lowest BCUT2D eigenvalue weighted by atomic mass is 10.3. The van der Waals surface area contributed by atoms with E-state index in [-0.39, 0.29) is 17.6 Å². The van der Waals surface area contributed by atoms with E-state index in [9.17, 15) is 4.79 Å². The van der Waals surface area contributed by atoms with Crippen molar-refractivity contribution in [2.75, 3.05) is 12.4 Å². The zero-order valence-electron chi connectivity index (χ0n) is 11.3. The van der Waals surface area contributed by atoms with Crippen LogP contribution in [-0.2, 0) is 16.0 Å². The van der Waals surface area contributed by atoms with Gasteiger partial charge in [-0.3, -0.25) is 4.79 Å². The molecule has 1 saturated heterocycles. The molecule has 3 unspecified atom stereocenters. The second-order valence-electron chi connectivity index (χ2n) is 4.40. The monoisotopic (exact) mass is 302 g/mol. The maximum absolute atomic E-state index is 11.3. The third-order valence-electron chi connectivity index (χ3n) is 2.92. The highest BCUT2D eigenvalue weighted by molar-refractivity contribution is 8.07. The van der Waals surface area contributed by atoms with Crippen LogP contribution in [0.4, 0.5) is 0 Å². The molecule has 0 N–H and O–H groups in total. The van der Waals surface area contributed by atoms with Gasteiger partial charge < -0.3 is 9.26 Å². The van der Waals surface area contributed by atoms with Crippen molar-refractivity contribution < 1.29 is 14.1 Å². The van der Waals surface area contributed by atoms with Gasteiger partial charge >= 0.3 is 5.97 Å². The molecule has 7 heteroatoms. The Balaban J connectivity index is 1.95. The fourth-order valence-electron chi connectivity index (χ4n) is 1.73. The Morgan fingerprint density at radius 3 is 2.95 bits per heavy atom. The lowest BCUT2D eigenvalue weighted by Gasteiger charge is -2.29. The predicted octanol–water partition coefficient (Wildman–Crippen LogP) is 2.47. The van der Waals surface area contributed by atoms with Crippen LogP contribution in [-0.4, -0.2) is 39.0 Å². The van der Waals surface area contributed by atoms with Crippen molar-refractivity contribution in [1.29, 1.82) is 0 Å². The Kier molecular flexibility index (Phi) is 5.15.